The SMILES string of the molecule is CC(C)(C)OC(C)(C)C(C)(C)O.OB(O)O. The van der Waals surface area contributed by atoms with Crippen molar-refractivity contribution in [2.75, 3.05) is 0 Å². The summed E-state index contributed by atoms with van der Waals surface area (Å²) in [7, 11) is -2.17. The van der Waals surface area contributed by atoms with Gasteiger partial charge in [0.25, 0.3) is 0 Å². The van der Waals surface area contributed by atoms with E-state index < -0.39 is 18.5 Å². The summed E-state index contributed by atoms with van der Waals surface area (Å²) in [5.74, 6) is 0. The van der Waals surface area contributed by atoms with Gasteiger partial charge in [-0.2, -0.15) is 0 Å². The van der Waals surface area contributed by atoms with Crippen molar-refractivity contribution < 1.29 is 24.9 Å². The van der Waals surface area contributed by atoms with Crippen LogP contribution in [0.5, 0.6) is 0 Å². The first-order valence-corrected chi connectivity index (χ1v) is 5.16. The smallest absolute Gasteiger partial charge is 0.402 e. The predicted octanol–water partition coefficient (Wildman–Crippen LogP) is 0.299. The summed E-state index contributed by atoms with van der Waals surface area (Å²) < 4.78 is 5.74. The molecule has 5 nitrogen and oxygen atoms in total. The highest BCUT2D eigenvalue weighted by molar-refractivity contribution is 6.30. The third-order valence-electron chi connectivity index (χ3n) is 2.03. The van der Waals surface area contributed by atoms with Crippen LogP contribution in [0.2, 0.25) is 0 Å². The summed E-state index contributed by atoms with van der Waals surface area (Å²) in [6.45, 7) is 13.3. The highest BCUT2D eigenvalue weighted by atomic mass is 16.5. The first kappa shape index (κ1) is 18.2. The number of hydrogen-bond acceptors (Lipinski definition) is 5. The van der Waals surface area contributed by atoms with Gasteiger partial charge in [-0.3, -0.25) is 0 Å². The lowest BCUT2D eigenvalue weighted by molar-refractivity contribution is -0.197. The van der Waals surface area contributed by atoms with Crippen LogP contribution in [0.3, 0.4) is 0 Å². The van der Waals surface area contributed by atoms with E-state index in [0.717, 1.165) is 0 Å². The van der Waals surface area contributed by atoms with E-state index in [2.05, 4.69) is 0 Å². The molecule has 0 aliphatic heterocycles. The molecule has 6 heteroatoms. The van der Waals surface area contributed by atoms with Crippen molar-refractivity contribution in [3.8, 4) is 0 Å². The lowest BCUT2D eigenvalue weighted by atomic mass is 9.88. The third kappa shape index (κ3) is 10.4. The van der Waals surface area contributed by atoms with Crippen molar-refractivity contribution in [3.05, 3.63) is 0 Å². The van der Waals surface area contributed by atoms with Gasteiger partial charge in [0.15, 0.2) is 0 Å². The molecule has 0 aromatic heterocycles. The molecule has 0 atom stereocenters. The topological polar surface area (TPSA) is 90.2 Å². The number of ether oxygens (including phenoxy) is 1. The molecule has 0 aromatic carbocycles. The van der Waals surface area contributed by atoms with Crippen molar-refractivity contribution in [3.63, 3.8) is 0 Å². The average molecular weight is 236 g/mol. The largest absolute Gasteiger partial charge is 0.631 e. The van der Waals surface area contributed by atoms with E-state index in [1.54, 1.807) is 13.8 Å². The molecule has 0 amide bonds. The zero-order chi connectivity index (χ0) is 13.8. The van der Waals surface area contributed by atoms with Gasteiger partial charge in [-0.05, 0) is 48.5 Å². The molecule has 0 radical (unpaired) electrons. The van der Waals surface area contributed by atoms with E-state index in [0.29, 0.717) is 0 Å². The summed E-state index contributed by atoms with van der Waals surface area (Å²) in [6, 6.07) is 0. The molecule has 16 heavy (non-hydrogen) atoms. The summed E-state index contributed by atoms with van der Waals surface area (Å²) in [6.07, 6.45) is 0. The van der Waals surface area contributed by atoms with Gasteiger partial charge >= 0.3 is 7.32 Å². The molecule has 0 rings (SSSR count). The van der Waals surface area contributed by atoms with Crippen LogP contribution in [0.25, 0.3) is 0 Å². The van der Waals surface area contributed by atoms with Crippen molar-refractivity contribution in [1.29, 1.82) is 0 Å². The molecule has 0 saturated heterocycles. The van der Waals surface area contributed by atoms with Crippen LogP contribution in [-0.4, -0.2) is 44.3 Å². The van der Waals surface area contributed by atoms with Gasteiger partial charge in [-0.1, -0.05) is 0 Å². The van der Waals surface area contributed by atoms with E-state index in [9.17, 15) is 5.11 Å². The summed E-state index contributed by atoms with van der Waals surface area (Å²) in [5, 5.41) is 31.3. The maximum Gasteiger partial charge on any atom is 0.631 e. The molecule has 0 spiro atoms. The molecule has 0 fully saturated rings. The Morgan fingerprint density at radius 2 is 1.06 bits per heavy atom. The van der Waals surface area contributed by atoms with Gasteiger partial charge in [-0.15, -0.1) is 0 Å². The van der Waals surface area contributed by atoms with Gasteiger partial charge in [0.2, 0.25) is 0 Å². The van der Waals surface area contributed by atoms with Crippen LogP contribution in [-0.2, 0) is 4.74 Å². The van der Waals surface area contributed by atoms with Gasteiger partial charge < -0.3 is 24.9 Å². The zero-order valence-electron chi connectivity index (χ0n) is 11.3. The Balaban J connectivity index is 0. The molecular weight excluding hydrogens is 211 g/mol. The van der Waals surface area contributed by atoms with E-state index in [1.165, 1.54) is 0 Å². The average Bonchev–Trinajstić information content (AvgIpc) is 1.74. The fraction of sp³-hybridized carbons (Fsp3) is 1.00. The Morgan fingerprint density at radius 3 is 1.12 bits per heavy atom. The number of aliphatic hydroxyl groups is 1. The normalized spacial score (nSPS) is 12.9. The minimum Gasteiger partial charge on any atom is -0.402 e. The summed E-state index contributed by atoms with van der Waals surface area (Å²) >= 11 is 0. The predicted molar refractivity (Wildman–Crippen MR) is 63.6 cm³/mol. The van der Waals surface area contributed by atoms with Gasteiger partial charge in [0.05, 0.1) is 16.8 Å². The highest BCUT2D eigenvalue weighted by Crippen LogP contribution is 2.29. The van der Waals surface area contributed by atoms with Crippen LogP contribution in [0, 0.1) is 0 Å². The lowest BCUT2D eigenvalue weighted by Crippen LogP contribution is -2.50. The number of rotatable bonds is 2. The van der Waals surface area contributed by atoms with Crippen molar-refractivity contribution in [1.82, 2.24) is 0 Å². The van der Waals surface area contributed by atoms with E-state index in [1.807, 2.05) is 34.6 Å². The monoisotopic (exact) mass is 236 g/mol. The van der Waals surface area contributed by atoms with Crippen molar-refractivity contribution in [2.45, 2.75) is 65.3 Å². The molecule has 0 aromatic rings. The molecule has 4 N–H and O–H groups in total. The molecule has 0 heterocycles. The molecule has 0 bridgehead atoms. The first-order chi connectivity index (χ1) is 6.69. The second kappa shape index (κ2) is 5.98. The minimum absolute atomic E-state index is 0.219. The minimum atomic E-state index is -2.17. The van der Waals surface area contributed by atoms with Crippen LogP contribution in [0.1, 0.15) is 48.5 Å². The fourth-order valence-electron chi connectivity index (χ4n) is 0.890. The van der Waals surface area contributed by atoms with Gasteiger partial charge in [0, 0.05) is 0 Å². The van der Waals surface area contributed by atoms with Crippen molar-refractivity contribution >= 4 is 7.32 Å². The van der Waals surface area contributed by atoms with Gasteiger partial charge in [0.1, 0.15) is 0 Å². The molecule has 0 aliphatic carbocycles. The van der Waals surface area contributed by atoms with Crippen LogP contribution < -0.4 is 0 Å². The second-order valence-corrected chi connectivity index (χ2v) is 5.63. The highest BCUT2D eigenvalue weighted by Gasteiger charge is 2.39. The van der Waals surface area contributed by atoms with Crippen LogP contribution in [0.4, 0.5) is 0 Å². The van der Waals surface area contributed by atoms with Gasteiger partial charge in [-0.25, -0.2) is 0 Å². The zero-order valence-corrected chi connectivity index (χ0v) is 11.3. The number of hydrogen-bond donors (Lipinski definition) is 4. The maximum absolute atomic E-state index is 9.78. The molecule has 0 aliphatic rings. The Labute approximate surface area is 98.2 Å². The lowest BCUT2D eigenvalue weighted by Gasteiger charge is -2.41. The Bertz CT molecular complexity index is 188. The van der Waals surface area contributed by atoms with E-state index in [4.69, 9.17) is 19.8 Å². The Morgan fingerprint density at radius 1 is 0.812 bits per heavy atom. The fourth-order valence-corrected chi connectivity index (χ4v) is 0.890. The molecule has 0 unspecified atom stereocenters. The molecule has 98 valence electrons. The van der Waals surface area contributed by atoms with Crippen molar-refractivity contribution in [2.24, 2.45) is 0 Å². The van der Waals surface area contributed by atoms with Crippen LogP contribution >= 0.6 is 0 Å². The maximum atomic E-state index is 9.78. The standard InChI is InChI=1S/C10H22O2.BH3O3/c1-8(2,3)12-10(6,7)9(4,5)11;2-1(3)4/h11H,1-7H3;2-4H. The first-order valence-electron chi connectivity index (χ1n) is 5.16. The third-order valence-corrected chi connectivity index (χ3v) is 2.03. The van der Waals surface area contributed by atoms with E-state index >= 15 is 0 Å². The molecule has 0 saturated carbocycles. The van der Waals surface area contributed by atoms with Crippen LogP contribution in [0.15, 0.2) is 0 Å². The summed E-state index contributed by atoms with van der Waals surface area (Å²) in [5.41, 5.74) is -1.56. The Hall–Kier alpha value is -0.135. The Kier molecular flexibility index (Phi) is 6.81. The second-order valence-electron chi connectivity index (χ2n) is 5.63. The molecular formula is C10H25BO5. The van der Waals surface area contributed by atoms with E-state index in [-0.39, 0.29) is 5.60 Å². The summed E-state index contributed by atoms with van der Waals surface area (Å²) in [4.78, 5) is 0. The quantitative estimate of drug-likeness (QED) is 0.518.